The number of hydrogen-bond acceptors (Lipinski definition) is 4. The van der Waals surface area contributed by atoms with Gasteiger partial charge in [0.05, 0.1) is 12.1 Å². The first-order valence-electron chi connectivity index (χ1n) is 9.42. The molecule has 7 nitrogen and oxygen atoms in total. The van der Waals surface area contributed by atoms with Crippen molar-refractivity contribution in [1.82, 2.24) is 19.7 Å². The summed E-state index contributed by atoms with van der Waals surface area (Å²) in [4.78, 5) is 33.8. The third-order valence-electron chi connectivity index (χ3n) is 5.54. The summed E-state index contributed by atoms with van der Waals surface area (Å²) in [5, 5.41) is 11.1. The van der Waals surface area contributed by atoms with Crippen molar-refractivity contribution in [3.63, 3.8) is 0 Å². The number of carbonyl (C=O) groups is 2. The van der Waals surface area contributed by atoms with E-state index in [0.717, 1.165) is 0 Å². The van der Waals surface area contributed by atoms with E-state index in [9.17, 15) is 14.7 Å². The summed E-state index contributed by atoms with van der Waals surface area (Å²) in [6.07, 6.45) is 1.15. The first-order chi connectivity index (χ1) is 13.5. The van der Waals surface area contributed by atoms with E-state index in [2.05, 4.69) is 9.88 Å². The molecule has 0 unspecified atom stereocenters. The minimum Gasteiger partial charge on any atom is -0.390 e. The van der Waals surface area contributed by atoms with Gasteiger partial charge in [-0.05, 0) is 36.4 Å². The second kappa shape index (κ2) is 7.95. The fourth-order valence-corrected chi connectivity index (χ4v) is 4.09. The number of aromatic amines is 1. The lowest BCUT2D eigenvalue weighted by Gasteiger charge is -2.38. The van der Waals surface area contributed by atoms with Gasteiger partial charge in [0, 0.05) is 56.1 Å². The summed E-state index contributed by atoms with van der Waals surface area (Å²) in [7, 11) is 0. The largest absolute Gasteiger partial charge is 0.390 e. The van der Waals surface area contributed by atoms with Gasteiger partial charge < -0.3 is 19.9 Å². The van der Waals surface area contributed by atoms with Gasteiger partial charge in [0.25, 0.3) is 11.8 Å². The van der Waals surface area contributed by atoms with Crippen molar-refractivity contribution in [3.05, 3.63) is 58.9 Å². The van der Waals surface area contributed by atoms with Crippen LogP contribution in [-0.4, -0.2) is 88.0 Å². The molecule has 148 valence electrons. The molecule has 2 saturated heterocycles. The van der Waals surface area contributed by atoms with Gasteiger partial charge in [-0.15, -0.1) is 0 Å². The van der Waals surface area contributed by atoms with Crippen LogP contribution in [0, 0.1) is 0 Å². The van der Waals surface area contributed by atoms with E-state index < -0.39 is 6.10 Å². The Hall–Kier alpha value is -2.35. The number of halogens is 1. The molecule has 2 atom stereocenters. The van der Waals surface area contributed by atoms with Crippen LogP contribution in [0.4, 0.5) is 0 Å². The van der Waals surface area contributed by atoms with Crippen LogP contribution in [0.25, 0.3) is 0 Å². The molecule has 0 aliphatic carbocycles. The van der Waals surface area contributed by atoms with Crippen molar-refractivity contribution in [3.8, 4) is 0 Å². The molecule has 28 heavy (non-hydrogen) atoms. The lowest BCUT2D eigenvalue weighted by Crippen LogP contribution is -2.55. The number of aromatic nitrogens is 1. The highest BCUT2D eigenvalue weighted by Gasteiger charge is 2.39. The van der Waals surface area contributed by atoms with Crippen molar-refractivity contribution in [1.29, 1.82) is 0 Å². The van der Waals surface area contributed by atoms with Crippen LogP contribution in [0.15, 0.2) is 42.6 Å². The van der Waals surface area contributed by atoms with Crippen LogP contribution in [0.1, 0.15) is 20.8 Å². The Balaban J connectivity index is 1.35. The lowest BCUT2D eigenvalue weighted by molar-refractivity contribution is 0.0373. The van der Waals surface area contributed by atoms with Gasteiger partial charge >= 0.3 is 0 Å². The van der Waals surface area contributed by atoms with Gasteiger partial charge in [-0.1, -0.05) is 11.6 Å². The third kappa shape index (κ3) is 3.78. The first-order valence-corrected chi connectivity index (χ1v) is 9.80. The predicted molar refractivity (Wildman–Crippen MR) is 105 cm³/mol. The summed E-state index contributed by atoms with van der Waals surface area (Å²) >= 11 is 5.89. The number of aliphatic hydroxyl groups excluding tert-OH is 1. The summed E-state index contributed by atoms with van der Waals surface area (Å²) in [5.41, 5.74) is 1.16. The van der Waals surface area contributed by atoms with E-state index >= 15 is 0 Å². The molecule has 2 aliphatic heterocycles. The quantitative estimate of drug-likeness (QED) is 0.811. The van der Waals surface area contributed by atoms with Gasteiger partial charge in [0.15, 0.2) is 0 Å². The molecule has 0 bridgehead atoms. The zero-order valence-corrected chi connectivity index (χ0v) is 16.2. The average Bonchev–Trinajstić information content (AvgIpc) is 3.38. The molecule has 3 heterocycles. The Morgan fingerprint density at radius 2 is 1.68 bits per heavy atom. The molecule has 2 amide bonds. The fraction of sp³-hybridized carbons (Fsp3) is 0.400. The molecule has 2 N–H and O–H groups in total. The predicted octanol–water partition coefficient (Wildman–Crippen LogP) is 1.31. The number of carbonyl (C=O) groups excluding carboxylic acids is 2. The molecule has 1 aromatic carbocycles. The number of amides is 2. The molecule has 4 rings (SSSR count). The highest BCUT2D eigenvalue weighted by atomic mass is 35.5. The van der Waals surface area contributed by atoms with Crippen molar-refractivity contribution in [2.45, 2.75) is 12.1 Å². The van der Waals surface area contributed by atoms with Crippen LogP contribution >= 0.6 is 11.6 Å². The standard InChI is InChI=1S/C20H23ClN4O3/c21-15-5-3-14(4-6-15)19(27)25-12-17(18(26)13-25)23-8-10-24(11-9-23)20(28)16-2-1-7-22-16/h1-7,17-18,22,26H,8-13H2/t17-,18-/m0/s1. The molecule has 8 heteroatoms. The molecule has 0 radical (unpaired) electrons. The number of piperazine rings is 1. The van der Waals surface area contributed by atoms with Crippen LogP contribution < -0.4 is 0 Å². The molecule has 0 saturated carbocycles. The van der Waals surface area contributed by atoms with E-state index in [0.29, 0.717) is 55.5 Å². The molecule has 2 aliphatic rings. The summed E-state index contributed by atoms with van der Waals surface area (Å²) in [5.74, 6) is -0.102. The highest BCUT2D eigenvalue weighted by Crippen LogP contribution is 2.21. The number of benzene rings is 1. The topological polar surface area (TPSA) is 79.9 Å². The number of nitrogens with one attached hydrogen (secondary N) is 1. The number of nitrogens with zero attached hydrogens (tertiary/aromatic N) is 3. The van der Waals surface area contributed by atoms with E-state index in [1.54, 1.807) is 41.4 Å². The van der Waals surface area contributed by atoms with E-state index in [1.165, 1.54) is 0 Å². The van der Waals surface area contributed by atoms with Crippen molar-refractivity contribution >= 4 is 23.4 Å². The van der Waals surface area contributed by atoms with Crippen LogP contribution in [0.3, 0.4) is 0 Å². The second-order valence-corrected chi connectivity index (χ2v) is 7.70. The highest BCUT2D eigenvalue weighted by molar-refractivity contribution is 6.30. The fourth-order valence-electron chi connectivity index (χ4n) is 3.96. The zero-order chi connectivity index (χ0) is 19.7. The summed E-state index contributed by atoms with van der Waals surface area (Å²) in [6.45, 7) is 3.35. The Morgan fingerprint density at radius 3 is 2.32 bits per heavy atom. The van der Waals surface area contributed by atoms with Crippen LogP contribution in [0.5, 0.6) is 0 Å². The normalized spacial score (nSPS) is 23.2. The maximum absolute atomic E-state index is 12.7. The zero-order valence-electron chi connectivity index (χ0n) is 15.4. The number of H-pyrrole nitrogens is 1. The minimum atomic E-state index is -0.595. The third-order valence-corrected chi connectivity index (χ3v) is 5.79. The van der Waals surface area contributed by atoms with E-state index in [4.69, 9.17) is 11.6 Å². The summed E-state index contributed by atoms with van der Waals surface area (Å²) < 4.78 is 0. The average molecular weight is 403 g/mol. The molecular weight excluding hydrogens is 380 g/mol. The second-order valence-electron chi connectivity index (χ2n) is 7.26. The SMILES string of the molecule is O=C(c1ccc(Cl)cc1)N1C[C@H](O)[C@@H](N2CCN(C(=O)c3ccc[nH]3)CC2)C1. The van der Waals surface area contributed by atoms with Gasteiger partial charge in [-0.25, -0.2) is 0 Å². The Morgan fingerprint density at radius 1 is 0.964 bits per heavy atom. The Kier molecular flexibility index (Phi) is 5.39. The Bertz CT molecular complexity index is 832. The number of aliphatic hydroxyl groups is 1. The van der Waals surface area contributed by atoms with E-state index in [1.807, 2.05) is 11.0 Å². The number of hydrogen-bond donors (Lipinski definition) is 2. The molecule has 0 spiro atoms. The summed E-state index contributed by atoms with van der Waals surface area (Å²) in [6, 6.07) is 10.3. The van der Waals surface area contributed by atoms with Crippen LogP contribution in [-0.2, 0) is 0 Å². The molecular formula is C20H23ClN4O3. The number of β-amino-alcohol motifs (C(OH)–C–C–N with tert-alkyl or cyclic N) is 1. The minimum absolute atomic E-state index is 0.00355. The van der Waals surface area contributed by atoms with E-state index in [-0.39, 0.29) is 17.9 Å². The van der Waals surface area contributed by atoms with Crippen molar-refractivity contribution in [2.24, 2.45) is 0 Å². The van der Waals surface area contributed by atoms with Gasteiger partial charge in [-0.3, -0.25) is 14.5 Å². The Labute approximate surface area is 168 Å². The van der Waals surface area contributed by atoms with Crippen molar-refractivity contribution < 1.29 is 14.7 Å². The molecule has 1 aromatic heterocycles. The maximum atomic E-state index is 12.7. The number of rotatable bonds is 3. The molecule has 2 fully saturated rings. The monoisotopic (exact) mass is 402 g/mol. The molecule has 2 aromatic rings. The van der Waals surface area contributed by atoms with Crippen molar-refractivity contribution in [2.75, 3.05) is 39.3 Å². The van der Waals surface area contributed by atoms with Gasteiger partial charge in [0.1, 0.15) is 5.69 Å². The lowest BCUT2D eigenvalue weighted by atomic mass is 10.1. The first kappa shape index (κ1) is 19.0. The number of likely N-dealkylation sites (tertiary alicyclic amines) is 1. The maximum Gasteiger partial charge on any atom is 0.270 e. The van der Waals surface area contributed by atoms with Gasteiger partial charge in [0.2, 0.25) is 0 Å². The van der Waals surface area contributed by atoms with Crippen LogP contribution in [0.2, 0.25) is 5.02 Å². The smallest absolute Gasteiger partial charge is 0.270 e. The van der Waals surface area contributed by atoms with Gasteiger partial charge in [-0.2, -0.15) is 0 Å².